The molecule has 4 nitrogen and oxygen atoms in total. The molecule has 0 saturated carbocycles. The SMILES string of the molecule is CN1C(=O)c2ccccc2[C@@H](C(=O)NCc2cccc(Cl)c2)[C@H]1c1cccs1. The van der Waals surface area contributed by atoms with Crippen LogP contribution in [0.2, 0.25) is 5.02 Å². The van der Waals surface area contributed by atoms with Crippen molar-refractivity contribution in [3.05, 3.63) is 92.6 Å². The Bertz CT molecular complexity index is 1020. The number of hydrogen-bond donors (Lipinski definition) is 1. The van der Waals surface area contributed by atoms with Gasteiger partial charge in [0.1, 0.15) is 0 Å². The molecular weight excluding hydrogens is 392 g/mol. The number of amides is 2. The summed E-state index contributed by atoms with van der Waals surface area (Å²) in [5, 5.41) is 5.64. The first-order valence-electron chi connectivity index (χ1n) is 8.98. The van der Waals surface area contributed by atoms with Gasteiger partial charge in [-0.15, -0.1) is 11.3 Å². The number of carbonyl (C=O) groups excluding carboxylic acids is 2. The fourth-order valence-corrected chi connectivity index (χ4v) is 4.84. The van der Waals surface area contributed by atoms with Gasteiger partial charge in [0, 0.05) is 29.1 Å². The number of thiophene rings is 1. The highest BCUT2D eigenvalue weighted by Crippen LogP contribution is 2.43. The van der Waals surface area contributed by atoms with Crippen molar-refractivity contribution in [3.63, 3.8) is 0 Å². The maximum Gasteiger partial charge on any atom is 0.254 e. The summed E-state index contributed by atoms with van der Waals surface area (Å²) in [7, 11) is 1.76. The Morgan fingerprint density at radius 3 is 2.71 bits per heavy atom. The average molecular weight is 411 g/mol. The van der Waals surface area contributed by atoms with Crippen molar-refractivity contribution in [1.29, 1.82) is 0 Å². The van der Waals surface area contributed by atoms with E-state index >= 15 is 0 Å². The summed E-state index contributed by atoms with van der Waals surface area (Å²) in [6.45, 7) is 0.382. The van der Waals surface area contributed by atoms with Crippen LogP contribution < -0.4 is 5.32 Å². The standard InChI is InChI=1S/C22H19ClN2O2S/c1-25-20(18-10-5-11-28-18)19(16-8-2-3-9-17(16)22(25)27)21(26)24-13-14-6-4-7-15(23)12-14/h2-12,19-20H,13H2,1H3,(H,24,26)/t19-,20-/m1/s1. The van der Waals surface area contributed by atoms with E-state index in [0.717, 1.165) is 16.0 Å². The maximum absolute atomic E-state index is 13.3. The van der Waals surface area contributed by atoms with E-state index in [1.165, 1.54) is 0 Å². The molecule has 3 aromatic rings. The Labute approximate surface area is 172 Å². The molecule has 6 heteroatoms. The van der Waals surface area contributed by atoms with Crippen LogP contribution in [0.5, 0.6) is 0 Å². The van der Waals surface area contributed by atoms with Crippen molar-refractivity contribution >= 4 is 34.8 Å². The van der Waals surface area contributed by atoms with Crippen LogP contribution >= 0.6 is 22.9 Å². The fraction of sp³-hybridized carbons (Fsp3) is 0.182. The van der Waals surface area contributed by atoms with Gasteiger partial charge in [0.25, 0.3) is 5.91 Å². The molecule has 1 aromatic heterocycles. The molecule has 2 heterocycles. The van der Waals surface area contributed by atoms with Crippen LogP contribution in [0.1, 0.15) is 38.3 Å². The minimum atomic E-state index is -0.475. The first-order chi connectivity index (χ1) is 13.6. The van der Waals surface area contributed by atoms with Crippen LogP contribution in [0.25, 0.3) is 0 Å². The number of nitrogens with zero attached hydrogens (tertiary/aromatic N) is 1. The zero-order valence-corrected chi connectivity index (χ0v) is 16.8. The van der Waals surface area contributed by atoms with Gasteiger partial charge in [-0.2, -0.15) is 0 Å². The van der Waals surface area contributed by atoms with E-state index in [2.05, 4.69) is 5.32 Å². The molecule has 0 bridgehead atoms. The molecule has 2 aromatic carbocycles. The molecular formula is C22H19ClN2O2S. The molecule has 142 valence electrons. The summed E-state index contributed by atoms with van der Waals surface area (Å²) in [6.07, 6.45) is 0. The third-order valence-corrected chi connectivity index (χ3v) is 6.23. The van der Waals surface area contributed by atoms with E-state index in [1.54, 1.807) is 35.4 Å². The number of rotatable bonds is 4. The van der Waals surface area contributed by atoms with Gasteiger partial charge in [0.05, 0.1) is 12.0 Å². The van der Waals surface area contributed by atoms with E-state index < -0.39 is 5.92 Å². The Hall–Kier alpha value is -2.63. The first-order valence-corrected chi connectivity index (χ1v) is 10.2. The minimum Gasteiger partial charge on any atom is -0.351 e. The number of halogens is 1. The number of hydrogen-bond acceptors (Lipinski definition) is 3. The Morgan fingerprint density at radius 1 is 1.14 bits per heavy atom. The normalized spacial score (nSPS) is 18.6. The molecule has 0 radical (unpaired) electrons. The predicted molar refractivity (Wildman–Crippen MR) is 112 cm³/mol. The largest absolute Gasteiger partial charge is 0.351 e. The summed E-state index contributed by atoms with van der Waals surface area (Å²) >= 11 is 7.60. The summed E-state index contributed by atoms with van der Waals surface area (Å²) in [4.78, 5) is 28.9. The van der Waals surface area contributed by atoms with Crippen LogP contribution in [0.3, 0.4) is 0 Å². The number of likely N-dealkylation sites (N-methyl/N-ethyl adjacent to an activating group) is 1. The lowest BCUT2D eigenvalue weighted by Crippen LogP contribution is -2.45. The molecule has 2 amide bonds. The molecule has 0 unspecified atom stereocenters. The molecule has 2 atom stereocenters. The highest BCUT2D eigenvalue weighted by molar-refractivity contribution is 7.10. The van der Waals surface area contributed by atoms with Crippen molar-refractivity contribution in [2.75, 3.05) is 7.05 Å². The second kappa shape index (κ2) is 7.78. The number of fused-ring (bicyclic) bond motifs is 1. The predicted octanol–water partition coefficient (Wildman–Crippen LogP) is 4.63. The van der Waals surface area contributed by atoms with Gasteiger partial charge in [0.15, 0.2) is 0 Å². The van der Waals surface area contributed by atoms with Gasteiger partial charge in [-0.05, 0) is 40.8 Å². The lowest BCUT2D eigenvalue weighted by molar-refractivity contribution is -0.124. The molecule has 0 fully saturated rings. The molecule has 0 aliphatic carbocycles. The van der Waals surface area contributed by atoms with Gasteiger partial charge >= 0.3 is 0 Å². The van der Waals surface area contributed by atoms with Crippen LogP contribution in [0.4, 0.5) is 0 Å². The van der Waals surface area contributed by atoms with E-state index in [4.69, 9.17) is 11.6 Å². The van der Waals surface area contributed by atoms with Crippen molar-refractivity contribution in [2.45, 2.75) is 18.5 Å². The van der Waals surface area contributed by atoms with Crippen LogP contribution in [0, 0.1) is 0 Å². The average Bonchev–Trinajstić information content (AvgIpc) is 3.23. The smallest absolute Gasteiger partial charge is 0.254 e. The number of carbonyl (C=O) groups is 2. The van der Waals surface area contributed by atoms with Crippen molar-refractivity contribution < 1.29 is 9.59 Å². The van der Waals surface area contributed by atoms with Gasteiger partial charge in [-0.3, -0.25) is 9.59 Å². The van der Waals surface area contributed by atoms with Crippen LogP contribution in [-0.2, 0) is 11.3 Å². The highest BCUT2D eigenvalue weighted by atomic mass is 35.5. The first kappa shape index (κ1) is 18.7. The molecule has 4 rings (SSSR count). The van der Waals surface area contributed by atoms with Crippen LogP contribution in [0.15, 0.2) is 66.0 Å². The topological polar surface area (TPSA) is 49.4 Å². The lowest BCUT2D eigenvalue weighted by Gasteiger charge is -2.39. The molecule has 1 aliphatic rings. The lowest BCUT2D eigenvalue weighted by atomic mass is 9.81. The summed E-state index contributed by atoms with van der Waals surface area (Å²) in [5.74, 6) is -0.644. The maximum atomic E-state index is 13.3. The van der Waals surface area contributed by atoms with Gasteiger partial charge in [-0.1, -0.05) is 48.0 Å². The summed E-state index contributed by atoms with van der Waals surface area (Å²) in [5.41, 5.74) is 2.29. The second-order valence-corrected chi connectivity index (χ2v) is 8.20. The number of nitrogens with one attached hydrogen (secondary N) is 1. The van der Waals surface area contributed by atoms with Gasteiger partial charge < -0.3 is 10.2 Å². The molecule has 28 heavy (non-hydrogen) atoms. The zero-order valence-electron chi connectivity index (χ0n) is 15.3. The Balaban J connectivity index is 1.69. The third-order valence-electron chi connectivity index (χ3n) is 5.05. The molecule has 0 spiro atoms. The van der Waals surface area contributed by atoms with E-state index in [1.807, 2.05) is 53.9 Å². The monoisotopic (exact) mass is 410 g/mol. The quantitative estimate of drug-likeness (QED) is 0.681. The fourth-order valence-electron chi connectivity index (χ4n) is 3.72. The number of benzene rings is 2. The highest BCUT2D eigenvalue weighted by Gasteiger charge is 2.42. The van der Waals surface area contributed by atoms with Gasteiger partial charge in [0.2, 0.25) is 5.91 Å². The zero-order chi connectivity index (χ0) is 19.7. The Kier molecular flexibility index (Phi) is 5.20. The Morgan fingerprint density at radius 2 is 1.96 bits per heavy atom. The van der Waals surface area contributed by atoms with E-state index in [0.29, 0.717) is 17.1 Å². The molecule has 0 saturated heterocycles. The summed E-state index contributed by atoms with van der Waals surface area (Å²) < 4.78 is 0. The minimum absolute atomic E-state index is 0.0621. The second-order valence-electron chi connectivity index (χ2n) is 6.79. The van der Waals surface area contributed by atoms with Crippen molar-refractivity contribution in [1.82, 2.24) is 10.2 Å². The third kappa shape index (κ3) is 3.43. The molecule has 1 N–H and O–H groups in total. The van der Waals surface area contributed by atoms with Crippen molar-refractivity contribution in [3.8, 4) is 0 Å². The molecule has 1 aliphatic heterocycles. The van der Waals surface area contributed by atoms with Crippen LogP contribution in [-0.4, -0.2) is 23.8 Å². The van der Waals surface area contributed by atoms with E-state index in [-0.39, 0.29) is 17.9 Å². The van der Waals surface area contributed by atoms with E-state index in [9.17, 15) is 9.59 Å². The van der Waals surface area contributed by atoms with Gasteiger partial charge in [-0.25, -0.2) is 0 Å². The summed E-state index contributed by atoms with van der Waals surface area (Å²) in [6, 6.07) is 18.4. The van der Waals surface area contributed by atoms with Crippen molar-refractivity contribution in [2.24, 2.45) is 0 Å².